The number of nitro benzene ring substituents is 1. The molecule has 3 aromatic rings. The Morgan fingerprint density at radius 2 is 1.86 bits per heavy atom. The molecule has 0 aliphatic rings. The van der Waals surface area contributed by atoms with Gasteiger partial charge in [-0.2, -0.15) is 5.26 Å². The summed E-state index contributed by atoms with van der Waals surface area (Å²) in [5, 5.41) is 22.0. The van der Waals surface area contributed by atoms with Crippen molar-refractivity contribution in [2.45, 2.75) is 43.4 Å². The third-order valence-electron chi connectivity index (χ3n) is 5.76. The van der Waals surface area contributed by atoms with Gasteiger partial charge >= 0.3 is 5.63 Å². The van der Waals surface area contributed by atoms with Gasteiger partial charge < -0.3 is 9.32 Å². The van der Waals surface area contributed by atoms with E-state index in [1.54, 1.807) is 17.0 Å². The first-order valence-electron chi connectivity index (χ1n) is 11.8. The van der Waals surface area contributed by atoms with Gasteiger partial charge in [-0.1, -0.05) is 31.5 Å². The van der Waals surface area contributed by atoms with E-state index >= 15 is 0 Å². The Bertz CT molecular complexity index is 1540. The highest BCUT2D eigenvalue weighted by Gasteiger charge is 2.26. The predicted octanol–water partition coefficient (Wildman–Crippen LogP) is 5.78. The van der Waals surface area contributed by atoms with Crippen LogP contribution in [-0.4, -0.2) is 32.2 Å². The van der Waals surface area contributed by atoms with Crippen LogP contribution in [0.4, 0.5) is 11.4 Å². The normalized spacial score (nSPS) is 11.9. The van der Waals surface area contributed by atoms with Crippen molar-refractivity contribution in [3.05, 3.63) is 73.5 Å². The molecular weight excluding hydrogens is 514 g/mol. The number of fused-ring (bicyclic) bond motifs is 1. The Morgan fingerprint density at radius 1 is 1.19 bits per heavy atom. The number of benzene rings is 2. The molecule has 0 fully saturated rings. The molecule has 1 aromatic heterocycles. The number of hydrogen-bond acceptors (Lipinski definition) is 9. The van der Waals surface area contributed by atoms with Gasteiger partial charge in [-0.25, -0.2) is 13.2 Å². The Morgan fingerprint density at radius 3 is 2.43 bits per heavy atom. The summed E-state index contributed by atoms with van der Waals surface area (Å²) < 4.78 is 31.8. The minimum atomic E-state index is -4.21. The van der Waals surface area contributed by atoms with Crippen molar-refractivity contribution < 1.29 is 17.8 Å². The SMILES string of the molecule is CCCCSc1c(C=C(C#N)S(=O)(=O)c2ccccc2)c(=O)oc2cc(N(CC)CC)c([N+](=O)[O-])cc12. The molecule has 2 aromatic carbocycles. The molecule has 0 bridgehead atoms. The van der Waals surface area contributed by atoms with Crippen molar-refractivity contribution >= 4 is 50.0 Å². The fraction of sp³-hybridized carbons (Fsp3) is 0.308. The van der Waals surface area contributed by atoms with Gasteiger partial charge in [0.25, 0.3) is 5.69 Å². The number of hydrogen-bond donors (Lipinski definition) is 0. The summed E-state index contributed by atoms with van der Waals surface area (Å²) in [7, 11) is -4.21. The van der Waals surface area contributed by atoms with E-state index in [1.807, 2.05) is 20.8 Å². The van der Waals surface area contributed by atoms with E-state index in [4.69, 9.17) is 4.42 Å². The monoisotopic (exact) mass is 541 g/mol. The number of nitrogens with zero attached hydrogens (tertiary/aromatic N) is 3. The lowest BCUT2D eigenvalue weighted by atomic mass is 10.1. The van der Waals surface area contributed by atoms with Gasteiger partial charge in [-0.15, -0.1) is 11.8 Å². The molecule has 194 valence electrons. The molecule has 0 saturated carbocycles. The molecule has 0 amide bonds. The third-order valence-corrected chi connectivity index (χ3v) is 8.66. The second kappa shape index (κ2) is 12.1. The average Bonchev–Trinajstić information content (AvgIpc) is 2.89. The zero-order valence-corrected chi connectivity index (χ0v) is 22.4. The molecule has 0 aliphatic carbocycles. The van der Waals surface area contributed by atoms with E-state index in [0.29, 0.717) is 34.8 Å². The number of nitro groups is 1. The van der Waals surface area contributed by atoms with Gasteiger partial charge in [0, 0.05) is 35.5 Å². The van der Waals surface area contributed by atoms with Crippen LogP contribution in [0, 0.1) is 21.4 Å². The largest absolute Gasteiger partial charge is 0.422 e. The average molecular weight is 542 g/mol. The third kappa shape index (κ3) is 5.87. The van der Waals surface area contributed by atoms with Crippen LogP contribution in [0.5, 0.6) is 0 Å². The quantitative estimate of drug-likeness (QED) is 0.0739. The molecular formula is C26H27N3O6S2. The van der Waals surface area contributed by atoms with Crippen LogP contribution in [0.2, 0.25) is 0 Å². The van der Waals surface area contributed by atoms with Gasteiger partial charge in [-0.05, 0) is 44.2 Å². The summed E-state index contributed by atoms with van der Waals surface area (Å²) in [6.45, 7) is 6.75. The van der Waals surface area contributed by atoms with Crippen LogP contribution in [-0.2, 0) is 9.84 Å². The molecule has 37 heavy (non-hydrogen) atoms. The minimum Gasteiger partial charge on any atom is -0.422 e. The number of rotatable bonds is 11. The second-order valence-corrected chi connectivity index (χ2v) is 11.1. The molecule has 0 radical (unpaired) electrons. The van der Waals surface area contributed by atoms with E-state index in [0.717, 1.165) is 18.9 Å². The number of anilines is 1. The number of nitriles is 1. The van der Waals surface area contributed by atoms with Gasteiger partial charge in [0.05, 0.1) is 15.4 Å². The lowest BCUT2D eigenvalue weighted by molar-refractivity contribution is -0.384. The zero-order chi connectivity index (χ0) is 27.2. The minimum absolute atomic E-state index is 0.0901. The van der Waals surface area contributed by atoms with Crippen LogP contribution < -0.4 is 10.5 Å². The van der Waals surface area contributed by atoms with E-state index < -0.39 is 25.3 Å². The highest BCUT2D eigenvalue weighted by molar-refractivity contribution is 7.99. The first-order chi connectivity index (χ1) is 17.7. The summed E-state index contributed by atoms with van der Waals surface area (Å²) >= 11 is 1.28. The molecule has 9 nitrogen and oxygen atoms in total. The summed E-state index contributed by atoms with van der Waals surface area (Å²) in [6, 6.07) is 12.0. The molecule has 1 heterocycles. The summed E-state index contributed by atoms with van der Waals surface area (Å²) in [5.41, 5.74) is -0.646. The number of sulfone groups is 1. The van der Waals surface area contributed by atoms with Crippen molar-refractivity contribution in [1.82, 2.24) is 0 Å². The highest BCUT2D eigenvalue weighted by Crippen LogP contribution is 2.39. The van der Waals surface area contributed by atoms with Gasteiger partial charge in [0.2, 0.25) is 9.84 Å². The standard InChI is InChI=1S/C26H27N3O6S2/c1-4-7-13-36-25-20-15-23(29(31)32)22(28(5-2)6-3)16-24(20)35-26(30)21(25)14-19(17-27)37(33,34)18-11-9-8-10-12-18/h8-12,14-16H,4-7,13H2,1-3H3. The molecule has 0 saturated heterocycles. The highest BCUT2D eigenvalue weighted by atomic mass is 32.2. The number of unbranched alkanes of at least 4 members (excludes halogenated alkanes) is 1. The topological polar surface area (TPSA) is 135 Å². The Balaban J connectivity index is 2.36. The van der Waals surface area contributed by atoms with E-state index in [9.17, 15) is 28.6 Å². The van der Waals surface area contributed by atoms with Crippen LogP contribution in [0.1, 0.15) is 39.2 Å². The molecule has 0 aliphatic heterocycles. The van der Waals surface area contributed by atoms with Gasteiger partial charge in [0.1, 0.15) is 22.2 Å². The maximum atomic E-state index is 13.2. The Labute approximate surface area is 219 Å². The Kier molecular flexibility index (Phi) is 9.13. The van der Waals surface area contributed by atoms with Gasteiger partial charge in [-0.3, -0.25) is 10.1 Å². The second-order valence-electron chi connectivity index (χ2n) is 8.04. The zero-order valence-electron chi connectivity index (χ0n) is 20.8. The fourth-order valence-corrected chi connectivity index (χ4v) is 6.21. The van der Waals surface area contributed by atoms with Crippen molar-refractivity contribution in [3.63, 3.8) is 0 Å². The molecule has 0 unspecified atom stereocenters. The lowest BCUT2D eigenvalue weighted by Crippen LogP contribution is -2.23. The summed E-state index contributed by atoms with van der Waals surface area (Å²) in [5.74, 6) is 0.578. The van der Waals surface area contributed by atoms with Crippen LogP contribution in [0.3, 0.4) is 0 Å². The van der Waals surface area contributed by atoms with Crippen LogP contribution >= 0.6 is 11.8 Å². The number of thioether (sulfide) groups is 1. The van der Waals surface area contributed by atoms with Crippen molar-refractivity contribution in [2.75, 3.05) is 23.7 Å². The molecule has 3 rings (SSSR count). The van der Waals surface area contributed by atoms with Crippen LogP contribution in [0.15, 0.2) is 66.4 Å². The molecule has 0 spiro atoms. The molecule has 0 atom stereocenters. The molecule has 0 N–H and O–H groups in total. The van der Waals surface area contributed by atoms with Crippen LogP contribution in [0.25, 0.3) is 17.0 Å². The maximum Gasteiger partial charge on any atom is 0.344 e. The van der Waals surface area contributed by atoms with Crippen molar-refractivity contribution in [3.8, 4) is 6.07 Å². The lowest BCUT2D eigenvalue weighted by Gasteiger charge is -2.21. The van der Waals surface area contributed by atoms with Crippen molar-refractivity contribution in [1.29, 1.82) is 5.26 Å². The fourth-order valence-electron chi connectivity index (χ4n) is 3.80. The summed E-state index contributed by atoms with van der Waals surface area (Å²) in [6.07, 6.45) is 2.67. The Hall–Kier alpha value is -3.62. The number of allylic oxidation sites excluding steroid dienone is 1. The van der Waals surface area contributed by atoms with E-state index in [-0.39, 0.29) is 21.7 Å². The smallest absolute Gasteiger partial charge is 0.344 e. The summed E-state index contributed by atoms with van der Waals surface area (Å²) in [4.78, 5) is 26.1. The van der Waals surface area contributed by atoms with E-state index in [1.165, 1.54) is 48.2 Å². The maximum absolute atomic E-state index is 13.2. The predicted molar refractivity (Wildman–Crippen MR) is 146 cm³/mol. The van der Waals surface area contributed by atoms with E-state index in [2.05, 4.69) is 0 Å². The van der Waals surface area contributed by atoms with Gasteiger partial charge in [0.15, 0.2) is 0 Å². The molecule has 11 heteroatoms. The first-order valence-corrected chi connectivity index (χ1v) is 14.2. The van der Waals surface area contributed by atoms with Crippen molar-refractivity contribution in [2.24, 2.45) is 0 Å². The first kappa shape index (κ1) is 28.0.